The van der Waals surface area contributed by atoms with Crippen LogP contribution in [-0.2, 0) is 9.53 Å². The molecule has 5 nitrogen and oxygen atoms in total. The Morgan fingerprint density at radius 3 is 3.26 bits per heavy atom. The number of rotatable bonds is 2. The first kappa shape index (κ1) is 12.8. The summed E-state index contributed by atoms with van der Waals surface area (Å²) in [5.41, 5.74) is 0.826. The van der Waals surface area contributed by atoms with Crippen molar-refractivity contribution in [2.45, 2.75) is 6.10 Å². The molecule has 0 spiro atoms. The van der Waals surface area contributed by atoms with Gasteiger partial charge in [-0.05, 0) is 18.2 Å². The average molecular weight is 298 g/mol. The predicted octanol–water partition coefficient (Wildman–Crippen LogP) is 1.88. The number of ether oxygens (including phenoxy) is 1. The Balaban J connectivity index is 1.75. The number of anilines is 1. The second-order valence-corrected chi connectivity index (χ2v) is 5.65. The molecule has 0 bridgehead atoms. The van der Waals surface area contributed by atoms with E-state index in [1.54, 1.807) is 6.07 Å². The SMILES string of the molecule is O=C(Nc1nc2ccc(Cl)cc2s1)C1CNCCO1. The molecule has 1 atom stereocenters. The maximum atomic E-state index is 12.0. The fourth-order valence-electron chi connectivity index (χ4n) is 1.87. The van der Waals surface area contributed by atoms with Gasteiger partial charge in [0.05, 0.1) is 16.8 Å². The van der Waals surface area contributed by atoms with Crippen LogP contribution in [0.25, 0.3) is 10.2 Å². The Morgan fingerprint density at radius 1 is 1.58 bits per heavy atom. The Kier molecular flexibility index (Phi) is 3.65. The van der Waals surface area contributed by atoms with Crippen LogP contribution >= 0.6 is 22.9 Å². The highest BCUT2D eigenvalue weighted by Crippen LogP contribution is 2.28. The molecule has 1 aliphatic rings. The summed E-state index contributed by atoms with van der Waals surface area (Å²) in [5, 5.41) is 7.12. The molecule has 1 aromatic carbocycles. The van der Waals surface area contributed by atoms with Crippen molar-refractivity contribution in [1.29, 1.82) is 0 Å². The molecule has 1 saturated heterocycles. The lowest BCUT2D eigenvalue weighted by atomic mass is 10.3. The molecule has 0 radical (unpaired) electrons. The number of nitrogens with zero attached hydrogens (tertiary/aromatic N) is 1. The molecular weight excluding hydrogens is 286 g/mol. The number of morpholine rings is 1. The molecule has 1 amide bonds. The predicted molar refractivity (Wildman–Crippen MR) is 75.9 cm³/mol. The van der Waals surface area contributed by atoms with Crippen LogP contribution in [0.4, 0.5) is 5.13 Å². The van der Waals surface area contributed by atoms with E-state index >= 15 is 0 Å². The van der Waals surface area contributed by atoms with Crippen molar-refractivity contribution in [3.05, 3.63) is 23.2 Å². The molecule has 100 valence electrons. The first-order valence-electron chi connectivity index (χ1n) is 5.92. The largest absolute Gasteiger partial charge is 0.366 e. The van der Waals surface area contributed by atoms with E-state index in [9.17, 15) is 4.79 Å². The van der Waals surface area contributed by atoms with Gasteiger partial charge in [-0.2, -0.15) is 0 Å². The lowest BCUT2D eigenvalue weighted by Crippen LogP contribution is -2.45. The van der Waals surface area contributed by atoms with Crippen molar-refractivity contribution in [1.82, 2.24) is 10.3 Å². The number of thiazole rings is 1. The number of carbonyl (C=O) groups excluding carboxylic acids is 1. The van der Waals surface area contributed by atoms with E-state index in [1.165, 1.54) is 11.3 Å². The fourth-order valence-corrected chi connectivity index (χ4v) is 3.02. The van der Waals surface area contributed by atoms with E-state index in [4.69, 9.17) is 16.3 Å². The molecular formula is C12H12ClN3O2S. The molecule has 1 aromatic heterocycles. The lowest BCUT2D eigenvalue weighted by molar-refractivity contribution is -0.128. The Hall–Kier alpha value is -1.21. The van der Waals surface area contributed by atoms with Gasteiger partial charge in [-0.3, -0.25) is 10.1 Å². The third kappa shape index (κ3) is 2.87. The standard InChI is InChI=1S/C12H12ClN3O2S/c13-7-1-2-8-10(5-7)19-12(15-8)16-11(17)9-6-14-3-4-18-9/h1-2,5,9,14H,3-4,6H2,(H,15,16,17). The maximum absolute atomic E-state index is 12.0. The number of halogens is 1. The van der Waals surface area contributed by atoms with Crippen LogP contribution in [0.1, 0.15) is 0 Å². The van der Waals surface area contributed by atoms with E-state index in [0.717, 1.165) is 16.8 Å². The molecule has 19 heavy (non-hydrogen) atoms. The number of hydrogen-bond acceptors (Lipinski definition) is 5. The van der Waals surface area contributed by atoms with Crippen molar-refractivity contribution in [2.75, 3.05) is 25.0 Å². The third-order valence-electron chi connectivity index (χ3n) is 2.80. The number of amides is 1. The van der Waals surface area contributed by atoms with Gasteiger partial charge < -0.3 is 10.1 Å². The minimum absolute atomic E-state index is 0.169. The van der Waals surface area contributed by atoms with Gasteiger partial charge in [-0.25, -0.2) is 4.98 Å². The normalized spacial score (nSPS) is 19.5. The number of hydrogen-bond donors (Lipinski definition) is 2. The van der Waals surface area contributed by atoms with Crippen LogP contribution in [0, 0.1) is 0 Å². The smallest absolute Gasteiger partial charge is 0.256 e. The molecule has 2 aromatic rings. The summed E-state index contributed by atoms with van der Waals surface area (Å²) in [7, 11) is 0. The summed E-state index contributed by atoms with van der Waals surface area (Å²) < 4.78 is 6.34. The minimum Gasteiger partial charge on any atom is -0.366 e. The maximum Gasteiger partial charge on any atom is 0.256 e. The molecule has 1 unspecified atom stereocenters. The van der Waals surface area contributed by atoms with Crippen LogP contribution in [-0.4, -0.2) is 36.7 Å². The van der Waals surface area contributed by atoms with Gasteiger partial charge in [-0.1, -0.05) is 22.9 Å². The zero-order chi connectivity index (χ0) is 13.2. The van der Waals surface area contributed by atoms with E-state index in [0.29, 0.717) is 23.3 Å². The van der Waals surface area contributed by atoms with E-state index in [1.807, 2.05) is 12.1 Å². The molecule has 2 heterocycles. The second kappa shape index (κ2) is 5.42. The fraction of sp³-hybridized carbons (Fsp3) is 0.333. The molecule has 0 saturated carbocycles. The number of carbonyl (C=O) groups is 1. The van der Waals surface area contributed by atoms with E-state index in [-0.39, 0.29) is 5.91 Å². The Bertz CT molecular complexity index is 610. The van der Waals surface area contributed by atoms with E-state index < -0.39 is 6.10 Å². The van der Waals surface area contributed by atoms with Gasteiger partial charge in [0.2, 0.25) is 0 Å². The van der Waals surface area contributed by atoms with Gasteiger partial charge in [0.1, 0.15) is 6.10 Å². The average Bonchev–Trinajstić information content (AvgIpc) is 2.81. The quantitative estimate of drug-likeness (QED) is 0.888. The van der Waals surface area contributed by atoms with E-state index in [2.05, 4.69) is 15.6 Å². The molecule has 1 fully saturated rings. The summed E-state index contributed by atoms with van der Waals surface area (Å²) in [4.78, 5) is 16.3. The first-order chi connectivity index (χ1) is 9.22. The van der Waals surface area contributed by atoms with Crippen molar-refractivity contribution < 1.29 is 9.53 Å². The first-order valence-corrected chi connectivity index (χ1v) is 7.11. The highest BCUT2D eigenvalue weighted by molar-refractivity contribution is 7.22. The monoisotopic (exact) mass is 297 g/mol. The van der Waals surface area contributed by atoms with Gasteiger partial charge in [-0.15, -0.1) is 0 Å². The molecule has 0 aliphatic carbocycles. The van der Waals surface area contributed by atoms with Crippen molar-refractivity contribution in [2.24, 2.45) is 0 Å². The molecule has 1 aliphatic heterocycles. The third-order valence-corrected chi connectivity index (χ3v) is 3.97. The zero-order valence-corrected chi connectivity index (χ0v) is 11.6. The van der Waals surface area contributed by atoms with Gasteiger partial charge >= 0.3 is 0 Å². The Morgan fingerprint density at radius 2 is 2.47 bits per heavy atom. The van der Waals surface area contributed by atoms with Crippen LogP contribution in [0.2, 0.25) is 5.02 Å². The zero-order valence-electron chi connectivity index (χ0n) is 9.98. The summed E-state index contributed by atoms with van der Waals surface area (Å²) >= 11 is 7.32. The summed E-state index contributed by atoms with van der Waals surface area (Å²) in [6.07, 6.45) is -0.454. The highest BCUT2D eigenvalue weighted by Gasteiger charge is 2.22. The van der Waals surface area contributed by atoms with Crippen molar-refractivity contribution >= 4 is 44.2 Å². The second-order valence-electron chi connectivity index (χ2n) is 4.18. The number of nitrogens with one attached hydrogen (secondary N) is 2. The van der Waals surface area contributed by atoms with Crippen molar-refractivity contribution in [3.63, 3.8) is 0 Å². The highest BCUT2D eigenvalue weighted by atomic mass is 35.5. The molecule has 3 rings (SSSR count). The van der Waals surface area contributed by atoms with Crippen LogP contribution in [0.5, 0.6) is 0 Å². The van der Waals surface area contributed by atoms with Gasteiger partial charge in [0.25, 0.3) is 5.91 Å². The minimum atomic E-state index is -0.454. The lowest BCUT2D eigenvalue weighted by Gasteiger charge is -2.22. The summed E-state index contributed by atoms with van der Waals surface area (Å²) in [6, 6.07) is 5.45. The van der Waals surface area contributed by atoms with Crippen LogP contribution in [0.3, 0.4) is 0 Å². The van der Waals surface area contributed by atoms with Crippen LogP contribution < -0.4 is 10.6 Å². The number of fused-ring (bicyclic) bond motifs is 1. The molecule has 2 N–H and O–H groups in total. The summed E-state index contributed by atoms with van der Waals surface area (Å²) in [6.45, 7) is 1.86. The number of benzene rings is 1. The van der Waals surface area contributed by atoms with Gasteiger partial charge in [0, 0.05) is 18.1 Å². The van der Waals surface area contributed by atoms with Crippen molar-refractivity contribution in [3.8, 4) is 0 Å². The van der Waals surface area contributed by atoms with Crippen LogP contribution in [0.15, 0.2) is 18.2 Å². The molecule has 7 heteroatoms. The van der Waals surface area contributed by atoms with Gasteiger partial charge in [0.15, 0.2) is 5.13 Å². The summed E-state index contributed by atoms with van der Waals surface area (Å²) in [5.74, 6) is -0.169. The number of aromatic nitrogens is 1. The topological polar surface area (TPSA) is 63.2 Å². The Labute approximate surface area is 118 Å².